The standard InChI is InChI=1S/C18H22ClNO/c1-14(8-9-15-6-4-3-5-7-15)20-13-16-12-17(19)10-11-18(16)21-2/h3-7,10-12,14,20H,8-9,13H2,1-2H3/t14-/m1/s1. The quantitative estimate of drug-likeness (QED) is 0.815. The van der Waals surface area contributed by atoms with Gasteiger partial charge in [0.05, 0.1) is 7.11 Å². The maximum absolute atomic E-state index is 6.05. The van der Waals surface area contributed by atoms with Crippen LogP contribution >= 0.6 is 11.6 Å². The fourth-order valence-electron chi connectivity index (χ4n) is 2.30. The van der Waals surface area contributed by atoms with Gasteiger partial charge in [-0.3, -0.25) is 0 Å². The average molecular weight is 304 g/mol. The van der Waals surface area contributed by atoms with E-state index in [0.29, 0.717) is 6.04 Å². The molecule has 21 heavy (non-hydrogen) atoms. The third-order valence-electron chi connectivity index (χ3n) is 3.59. The molecule has 1 N–H and O–H groups in total. The molecule has 0 bridgehead atoms. The summed E-state index contributed by atoms with van der Waals surface area (Å²) < 4.78 is 5.36. The van der Waals surface area contributed by atoms with E-state index in [0.717, 1.165) is 35.7 Å². The summed E-state index contributed by atoms with van der Waals surface area (Å²) in [5.74, 6) is 0.877. The van der Waals surface area contributed by atoms with Gasteiger partial charge >= 0.3 is 0 Å². The summed E-state index contributed by atoms with van der Waals surface area (Å²) in [6.45, 7) is 2.97. The number of hydrogen-bond donors (Lipinski definition) is 1. The lowest BCUT2D eigenvalue weighted by Crippen LogP contribution is -2.26. The zero-order valence-electron chi connectivity index (χ0n) is 12.6. The Morgan fingerprint density at radius 1 is 1.14 bits per heavy atom. The smallest absolute Gasteiger partial charge is 0.123 e. The molecular formula is C18H22ClNO. The van der Waals surface area contributed by atoms with Gasteiger partial charge in [0.2, 0.25) is 0 Å². The first-order valence-corrected chi connectivity index (χ1v) is 7.66. The van der Waals surface area contributed by atoms with Crippen LogP contribution in [0.2, 0.25) is 5.02 Å². The van der Waals surface area contributed by atoms with Crippen molar-refractivity contribution in [3.8, 4) is 5.75 Å². The molecule has 0 spiro atoms. The minimum atomic E-state index is 0.439. The van der Waals surface area contributed by atoms with Gasteiger partial charge in [-0.15, -0.1) is 0 Å². The van der Waals surface area contributed by atoms with E-state index in [-0.39, 0.29) is 0 Å². The second-order valence-electron chi connectivity index (χ2n) is 5.26. The Kier molecular flexibility index (Phi) is 6.09. The predicted molar refractivity (Wildman–Crippen MR) is 89.1 cm³/mol. The monoisotopic (exact) mass is 303 g/mol. The van der Waals surface area contributed by atoms with Gasteiger partial charge in [0.15, 0.2) is 0 Å². The van der Waals surface area contributed by atoms with Crippen molar-refractivity contribution in [3.63, 3.8) is 0 Å². The van der Waals surface area contributed by atoms with Gasteiger partial charge in [0, 0.05) is 23.2 Å². The van der Waals surface area contributed by atoms with Gasteiger partial charge in [0.25, 0.3) is 0 Å². The van der Waals surface area contributed by atoms with E-state index in [1.807, 2.05) is 18.2 Å². The number of halogens is 1. The van der Waals surface area contributed by atoms with Crippen molar-refractivity contribution in [2.24, 2.45) is 0 Å². The van der Waals surface area contributed by atoms with Gasteiger partial charge in [-0.1, -0.05) is 41.9 Å². The van der Waals surface area contributed by atoms with E-state index in [9.17, 15) is 0 Å². The van der Waals surface area contributed by atoms with Crippen LogP contribution in [0.3, 0.4) is 0 Å². The lowest BCUT2D eigenvalue weighted by atomic mass is 10.1. The van der Waals surface area contributed by atoms with Crippen LogP contribution in [0.1, 0.15) is 24.5 Å². The van der Waals surface area contributed by atoms with Crippen molar-refractivity contribution < 1.29 is 4.74 Å². The number of rotatable bonds is 7. The predicted octanol–water partition coefficient (Wildman–Crippen LogP) is 4.46. The first kappa shape index (κ1) is 15.9. The summed E-state index contributed by atoms with van der Waals surface area (Å²) in [7, 11) is 1.69. The van der Waals surface area contributed by atoms with Crippen LogP contribution in [-0.2, 0) is 13.0 Å². The van der Waals surface area contributed by atoms with Crippen LogP contribution in [0.4, 0.5) is 0 Å². The van der Waals surface area contributed by atoms with Crippen molar-refractivity contribution in [2.45, 2.75) is 32.4 Å². The van der Waals surface area contributed by atoms with Crippen LogP contribution in [0.25, 0.3) is 0 Å². The normalized spacial score (nSPS) is 12.1. The molecule has 0 radical (unpaired) electrons. The molecule has 0 fully saturated rings. The molecule has 112 valence electrons. The molecular weight excluding hydrogens is 282 g/mol. The average Bonchev–Trinajstić information content (AvgIpc) is 2.52. The molecule has 0 amide bonds. The minimum absolute atomic E-state index is 0.439. The van der Waals surface area contributed by atoms with Crippen molar-refractivity contribution in [1.82, 2.24) is 5.32 Å². The third kappa shape index (κ3) is 5.07. The molecule has 2 nitrogen and oxygen atoms in total. The van der Waals surface area contributed by atoms with Crippen molar-refractivity contribution in [3.05, 3.63) is 64.7 Å². The summed E-state index contributed by atoms with van der Waals surface area (Å²) in [5.41, 5.74) is 2.48. The van der Waals surface area contributed by atoms with Gasteiger partial charge in [-0.2, -0.15) is 0 Å². The Labute approximate surface area is 132 Å². The topological polar surface area (TPSA) is 21.3 Å². The Morgan fingerprint density at radius 3 is 2.62 bits per heavy atom. The highest BCUT2D eigenvalue weighted by molar-refractivity contribution is 6.30. The molecule has 2 aromatic carbocycles. The van der Waals surface area contributed by atoms with Gasteiger partial charge in [-0.25, -0.2) is 0 Å². The molecule has 0 saturated heterocycles. The zero-order chi connectivity index (χ0) is 15.1. The molecule has 0 aromatic heterocycles. The van der Waals surface area contributed by atoms with Crippen LogP contribution in [0.15, 0.2) is 48.5 Å². The Hall–Kier alpha value is -1.51. The van der Waals surface area contributed by atoms with Crippen LogP contribution in [0, 0.1) is 0 Å². The number of aryl methyl sites for hydroxylation is 1. The molecule has 2 rings (SSSR count). The number of nitrogens with one attached hydrogen (secondary N) is 1. The SMILES string of the molecule is COc1ccc(Cl)cc1CN[C@H](C)CCc1ccccc1. The Morgan fingerprint density at radius 2 is 1.90 bits per heavy atom. The zero-order valence-corrected chi connectivity index (χ0v) is 13.4. The largest absolute Gasteiger partial charge is 0.496 e. The molecule has 0 unspecified atom stereocenters. The number of benzene rings is 2. The molecule has 0 aliphatic heterocycles. The van der Waals surface area contributed by atoms with E-state index in [1.54, 1.807) is 7.11 Å². The second-order valence-corrected chi connectivity index (χ2v) is 5.70. The van der Waals surface area contributed by atoms with Crippen molar-refractivity contribution >= 4 is 11.6 Å². The highest BCUT2D eigenvalue weighted by atomic mass is 35.5. The summed E-state index contributed by atoms with van der Waals surface area (Å²) in [6, 6.07) is 16.7. The molecule has 2 aromatic rings. The van der Waals surface area contributed by atoms with E-state index >= 15 is 0 Å². The van der Waals surface area contributed by atoms with E-state index < -0.39 is 0 Å². The van der Waals surface area contributed by atoms with Gasteiger partial charge in [0.1, 0.15) is 5.75 Å². The molecule has 0 aliphatic carbocycles. The molecule has 0 saturated carbocycles. The van der Waals surface area contributed by atoms with Crippen LogP contribution < -0.4 is 10.1 Å². The van der Waals surface area contributed by atoms with E-state index in [1.165, 1.54) is 5.56 Å². The summed E-state index contributed by atoms with van der Waals surface area (Å²) in [4.78, 5) is 0. The lowest BCUT2D eigenvalue weighted by molar-refractivity contribution is 0.405. The maximum atomic E-state index is 6.05. The van der Waals surface area contributed by atoms with Gasteiger partial charge < -0.3 is 10.1 Å². The lowest BCUT2D eigenvalue weighted by Gasteiger charge is -2.15. The fourth-order valence-corrected chi connectivity index (χ4v) is 2.49. The summed E-state index contributed by atoms with van der Waals surface area (Å²) in [5, 5.41) is 4.27. The van der Waals surface area contributed by atoms with Crippen LogP contribution in [0.5, 0.6) is 5.75 Å². The molecule has 3 heteroatoms. The Bertz CT molecular complexity index is 556. The highest BCUT2D eigenvalue weighted by Gasteiger charge is 2.07. The highest BCUT2D eigenvalue weighted by Crippen LogP contribution is 2.22. The van der Waals surface area contributed by atoms with Gasteiger partial charge in [-0.05, 0) is 43.5 Å². The first-order valence-electron chi connectivity index (χ1n) is 7.29. The second kappa shape index (κ2) is 8.06. The molecule has 0 aliphatic rings. The summed E-state index contributed by atoms with van der Waals surface area (Å²) >= 11 is 6.05. The number of hydrogen-bond acceptors (Lipinski definition) is 2. The third-order valence-corrected chi connectivity index (χ3v) is 3.83. The van der Waals surface area contributed by atoms with Crippen LogP contribution in [-0.4, -0.2) is 13.2 Å². The minimum Gasteiger partial charge on any atom is -0.496 e. The number of methoxy groups -OCH3 is 1. The molecule has 0 heterocycles. The Balaban J connectivity index is 1.84. The molecule has 1 atom stereocenters. The number of ether oxygens (including phenoxy) is 1. The van der Waals surface area contributed by atoms with E-state index in [2.05, 4.69) is 42.6 Å². The summed E-state index contributed by atoms with van der Waals surface area (Å²) in [6.07, 6.45) is 2.19. The maximum Gasteiger partial charge on any atom is 0.123 e. The van der Waals surface area contributed by atoms with Crippen molar-refractivity contribution in [1.29, 1.82) is 0 Å². The fraction of sp³-hybridized carbons (Fsp3) is 0.333. The first-order chi connectivity index (χ1) is 10.2. The van der Waals surface area contributed by atoms with E-state index in [4.69, 9.17) is 16.3 Å². The van der Waals surface area contributed by atoms with Crippen molar-refractivity contribution in [2.75, 3.05) is 7.11 Å².